The number of carbonyl (C=O) groups excluding carboxylic acids is 14. The van der Waals surface area contributed by atoms with Gasteiger partial charge in [0, 0.05) is 51.6 Å². The molecule has 674 valence electrons. The van der Waals surface area contributed by atoms with Gasteiger partial charge < -0.3 is 144 Å². The average Bonchev–Trinajstić information content (AvgIpc) is 1.72. The van der Waals surface area contributed by atoms with Gasteiger partial charge >= 0.3 is 11.9 Å². The molecule has 3 rings (SSSR count). The zero-order chi connectivity index (χ0) is 90.6. The Morgan fingerprint density at radius 2 is 0.959 bits per heavy atom. The number of amides is 14. The van der Waals surface area contributed by atoms with E-state index in [0.717, 1.165) is 0 Å². The molecule has 0 bridgehead atoms. The van der Waals surface area contributed by atoms with Crippen molar-refractivity contribution in [3.05, 3.63) is 54.1 Å². The van der Waals surface area contributed by atoms with Crippen LogP contribution in [0.4, 0.5) is 0 Å². The number of hydrogen-bond acceptors (Lipinski definition) is 24. The van der Waals surface area contributed by atoms with Crippen molar-refractivity contribution in [3.8, 4) is 0 Å². The van der Waals surface area contributed by atoms with Crippen LogP contribution in [0.2, 0.25) is 0 Å². The number of unbranched alkanes of at least 4 members (excludes halogenated alkanes) is 1. The number of aliphatic hydroxyl groups is 2. The molecular weight excluding hydrogens is 1590 g/mol. The van der Waals surface area contributed by atoms with Crippen LogP contribution in [0.3, 0.4) is 0 Å². The number of guanidine groups is 3. The minimum Gasteiger partial charge on any atom is -0.481 e. The summed E-state index contributed by atoms with van der Waals surface area (Å²) in [5.74, 6) is -18.5. The van der Waals surface area contributed by atoms with E-state index in [-0.39, 0.29) is 116 Å². The summed E-state index contributed by atoms with van der Waals surface area (Å²) in [6.07, 6.45) is 1.78. The summed E-state index contributed by atoms with van der Waals surface area (Å²) in [6.45, 7) is 6.20. The number of imidazole rings is 1. The highest BCUT2D eigenvalue weighted by Crippen LogP contribution is 2.22. The number of nitrogens with one attached hydrogen (secondary N) is 20. The molecule has 0 saturated carbocycles. The molecule has 1 aliphatic rings. The average molecular weight is 1710 g/mol. The number of aromatic nitrogens is 2. The van der Waals surface area contributed by atoms with Crippen molar-refractivity contribution < 1.29 is 97.1 Å². The number of aliphatic carboxylic acids is 2. The zero-order valence-corrected chi connectivity index (χ0v) is 68.9. The van der Waals surface area contributed by atoms with Gasteiger partial charge in [0.1, 0.15) is 78.5 Å². The van der Waals surface area contributed by atoms with Crippen LogP contribution in [-0.2, 0) is 89.6 Å². The van der Waals surface area contributed by atoms with E-state index in [2.05, 4.69) is 95.0 Å². The Kier molecular flexibility index (Phi) is 45.8. The van der Waals surface area contributed by atoms with Gasteiger partial charge in [-0.15, -0.1) is 0 Å². The number of aliphatic hydroxyl groups excluding tert-OH is 2. The lowest BCUT2D eigenvalue weighted by Crippen LogP contribution is -2.61. The van der Waals surface area contributed by atoms with E-state index in [9.17, 15) is 97.1 Å². The fourth-order valence-corrected chi connectivity index (χ4v) is 12.3. The second-order valence-electron chi connectivity index (χ2n) is 29.8. The third kappa shape index (κ3) is 38.5. The van der Waals surface area contributed by atoms with E-state index in [0.29, 0.717) is 24.1 Å². The van der Waals surface area contributed by atoms with Crippen molar-refractivity contribution in [3.63, 3.8) is 0 Å². The fraction of sp³-hybridized carbons (Fsp3) is 0.622. The van der Waals surface area contributed by atoms with Gasteiger partial charge in [-0.05, 0) is 121 Å². The largest absolute Gasteiger partial charge is 0.481 e. The lowest BCUT2D eigenvalue weighted by atomic mass is 10.0. The Labute approximate surface area is 699 Å². The normalized spacial score (nSPS) is 15.5. The van der Waals surface area contributed by atoms with E-state index >= 15 is 0 Å². The second kappa shape index (κ2) is 53.9. The molecule has 14 atom stereocenters. The summed E-state index contributed by atoms with van der Waals surface area (Å²) in [7, 11) is 0. The third-order valence-corrected chi connectivity index (χ3v) is 18.9. The van der Waals surface area contributed by atoms with Gasteiger partial charge in [-0.25, -0.2) is 9.78 Å². The van der Waals surface area contributed by atoms with E-state index in [1.54, 1.807) is 44.2 Å². The molecule has 0 aliphatic carbocycles. The molecular formula is C74H123N27O20. The molecule has 2 heterocycles. The van der Waals surface area contributed by atoms with Gasteiger partial charge in [0.05, 0.1) is 37.8 Å². The first-order chi connectivity index (χ1) is 57.2. The quantitative estimate of drug-likeness (QED) is 0.0166. The number of carboxylic acids is 2. The lowest BCUT2D eigenvalue weighted by molar-refractivity contribution is -0.142. The summed E-state index contributed by atoms with van der Waals surface area (Å²) >= 11 is 0. The third-order valence-electron chi connectivity index (χ3n) is 18.9. The summed E-state index contributed by atoms with van der Waals surface area (Å²) < 4.78 is 0. The van der Waals surface area contributed by atoms with Gasteiger partial charge in [-0.3, -0.25) is 88.1 Å². The molecule has 0 radical (unpaired) electrons. The van der Waals surface area contributed by atoms with Crippen LogP contribution in [0.5, 0.6) is 0 Å². The van der Waals surface area contributed by atoms with Crippen molar-refractivity contribution in [2.24, 2.45) is 40.5 Å². The highest BCUT2D eigenvalue weighted by atomic mass is 16.4. The summed E-state index contributed by atoms with van der Waals surface area (Å²) in [6, 6.07) is -11.9. The maximum Gasteiger partial charge on any atom is 0.326 e. The molecule has 47 nitrogen and oxygen atoms in total. The van der Waals surface area contributed by atoms with Crippen molar-refractivity contribution in [2.75, 3.05) is 52.5 Å². The Balaban J connectivity index is 1.84. The Hall–Kier alpha value is -12.4. The van der Waals surface area contributed by atoms with Crippen molar-refractivity contribution in [1.82, 2.24) is 99.9 Å². The highest BCUT2D eigenvalue weighted by Gasteiger charge is 2.42. The molecule has 1 aliphatic heterocycles. The Morgan fingerprint density at radius 1 is 0.504 bits per heavy atom. The molecule has 2 aromatic rings. The number of nitrogens with zero attached hydrogens (tertiary/aromatic N) is 2. The maximum atomic E-state index is 14.8. The van der Waals surface area contributed by atoms with E-state index in [1.165, 1.54) is 45.1 Å². The highest BCUT2D eigenvalue weighted by molar-refractivity contribution is 6.00. The van der Waals surface area contributed by atoms with Crippen molar-refractivity contribution in [2.45, 2.75) is 229 Å². The minimum atomic E-state index is -1.83. The molecule has 121 heavy (non-hydrogen) atoms. The molecule has 1 fully saturated rings. The van der Waals surface area contributed by atoms with E-state index in [1.807, 2.05) is 0 Å². The van der Waals surface area contributed by atoms with Crippen LogP contribution in [0, 0.1) is 28.1 Å². The number of rotatable bonds is 56. The van der Waals surface area contributed by atoms with Gasteiger partial charge in [0.25, 0.3) is 0 Å². The second-order valence-corrected chi connectivity index (χ2v) is 29.8. The number of carbonyl (C=O) groups is 16. The standard InChI is InChI=1S/C74H123N27O20/c1-38(2)30-49(96-64(113)48(23-24-56(105)106)93-61(110)45(18-10-11-25-75)94-68(117)54-22-15-29-101(54)70(119)50(31-42-16-8-7-9-17-42)97-62(111)46(91-58(107)40(5)76)20-13-27-85-73(79)80)65(114)92-44(19-12-26-84-72(77)78)60(109)87-34-55(104)90-52(35-102)67(116)100-57(39(3)4)69(118)95-47(21-14-28-86-74(81)82)63(112)99-53(36-103)66(115)89-41(6)59(108)98-51(71(120)121)32-43-33-83-37-88-43/h7-9,16-17,33,37-41,44-54,57,102-103H,10-15,18-32,34-36,75-76H2,1-6H3,(H,83,88)(H,87,109)(H,89,115)(H,90,104)(H,91,107)(H,92,114)(H,93,110)(H,94,117)(H,95,118)(H,96,113)(H,97,111)(H,98,108)(H,99,112)(H,100,116)(H,105,106)(H,120,121)(H4,77,78,84)(H4,79,80,85)(H4,81,82,86)/t40-,41-,44-,45-,46-,47-,48-,49-,50-,51-,52-,53-,54-,57-/m0/s1. The van der Waals surface area contributed by atoms with Crippen LogP contribution in [0.25, 0.3) is 0 Å². The number of nitrogens with two attached hydrogens (primary N) is 5. The lowest BCUT2D eigenvalue weighted by Gasteiger charge is -2.31. The number of likely N-dealkylation sites (tertiary alicyclic amines) is 1. The smallest absolute Gasteiger partial charge is 0.326 e. The summed E-state index contributed by atoms with van der Waals surface area (Å²) in [5, 5.41) is 103. The number of benzene rings is 1. The Bertz CT molecular complexity index is 3820. The molecule has 1 saturated heterocycles. The monoisotopic (exact) mass is 1710 g/mol. The SMILES string of the molecule is CC(C)C[C@H](NC(=O)[C@H](CCC(=O)O)NC(=O)[C@H](CCCCN)NC(=O)[C@@H]1CCCN1C(=O)[C@H](Cc1ccccc1)NC(=O)[C@H](CCCNC(=N)N)NC(=O)[C@H](C)N)C(=O)N[C@@H](CCCNC(=N)N)C(=O)NCC(=O)N[C@@H](CO)C(=O)N[C@H](C(=O)N[C@@H](CCCNC(=N)N)C(=O)N[C@@H](CO)C(=O)N[C@@H](C)C(=O)N[C@@H](Cc1c[nH]cn1)C(=O)O)C(C)C. The maximum absolute atomic E-state index is 14.8. The van der Waals surface area contributed by atoms with Crippen LogP contribution in [-0.4, -0.2) is 285 Å². The fourth-order valence-electron chi connectivity index (χ4n) is 12.3. The topological polar surface area (TPSA) is 780 Å². The van der Waals surface area contributed by atoms with Gasteiger partial charge in [0.15, 0.2) is 17.9 Å². The van der Waals surface area contributed by atoms with Crippen LogP contribution in [0.1, 0.15) is 143 Å². The van der Waals surface area contributed by atoms with Crippen molar-refractivity contribution in [1.29, 1.82) is 16.2 Å². The number of H-pyrrole nitrogens is 1. The molecule has 14 amide bonds. The number of hydrogen-bond donors (Lipinski definition) is 29. The van der Waals surface area contributed by atoms with Crippen LogP contribution in [0.15, 0.2) is 42.9 Å². The summed E-state index contributed by atoms with van der Waals surface area (Å²) in [5.41, 5.74) is 28.9. The molecule has 0 spiro atoms. The van der Waals surface area contributed by atoms with Gasteiger partial charge in [-0.2, -0.15) is 0 Å². The van der Waals surface area contributed by atoms with Gasteiger partial charge in [0.2, 0.25) is 82.7 Å². The molecule has 1 aromatic carbocycles. The predicted molar refractivity (Wildman–Crippen MR) is 436 cm³/mol. The van der Waals surface area contributed by atoms with Gasteiger partial charge in [-0.1, -0.05) is 58.0 Å². The molecule has 0 unspecified atom stereocenters. The first-order valence-electron chi connectivity index (χ1n) is 39.8. The Morgan fingerprint density at radius 3 is 1.45 bits per heavy atom. The first-order valence-corrected chi connectivity index (χ1v) is 39.8. The van der Waals surface area contributed by atoms with Crippen LogP contribution < -0.4 is 114 Å². The first kappa shape index (κ1) is 103. The van der Waals surface area contributed by atoms with Crippen LogP contribution >= 0.6 is 0 Å². The molecule has 1 aromatic heterocycles. The molecule has 34 N–H and O–H groups in total. The number of carboxylic acid groups (broad SMARTS) is 2. The minimum absolute atomic E-state index is 0.00892. The zero-order valence-electron chi connectivity index (χ0n) is 68.9. The van der Waals surface area contributed by atoms with Crippen molar-refractivity contribution >= 4 is 113 Å². The van der Waals surface area contributed by atoms with E-state index in [4.69, 9.17) is 44.9 Å². The molecule has 47 heteroatoms. The summed E-state index contributed by atoms with van der Waals surface area (Å²) in [4.78, 5) is 228. The number of aromatic amines is 1. The predicted octanol–water partition coefficient (Wildman–Crippen LogP) is -8.96. The van der Waals surface area contributed by atoms with E-state index < -0.39 is 236 Å².